The molecule has 0 radical (unpaired) electrons. The van der Waals surface area contributed by atoms with E-state index in [0.717, 1.165) is 34.2 Å². The van der Waals surface area contributed by atoms with E-state index in [2.05, 4.69) is 76.3 Å². The van der Waals surface area contributed by atoms with Gasteiger partial charge in [0.25, 0.3) is 0 Å². The Morgan fingerprint density at radius 1 is 0.806 bits per heavy atom. The average Bonchev–Trinajstić information content (AvgIpc) is 3.07. The van der Waals surface area contributed by atoms with Gasteiger partial charge in [0.2, 0.25) is 0 Å². The lowest BCUT2D eigenvalue weighted by Crippen LogP contribution is -1.99. The molecule has 4 rings (SSSR count). The SMILES string of the molecule is COc1ccc(Oc2ccc(N=Cc3cc(C)n(-c4ccc(I)cc4)c3C)cc2)cc1. The first-order valence-corrected chi connectivity index (χ1v) is 11.0. The lowest BCUT2D eigenvalue weighted by atomic mass is 10.2. The maximum atomic E-state index is 5.88. The van der Waals surface area contributed by atoms with Crippen molar-refractivity contribution in [3.05, 3.63) is 99.4 Å². The first-order valence-electron chi connectivity index (χ1n) is 9.94. The molecule has 3 aromatic carbocycles. The Bertz CT molecular complexity index is 1190. The Kier molecular flexibility index (Phi) is 6.42. The van der Waals surface area contributed by atoms with Crippen LogP contribution in [0.1, 0.15) is 17.0 Å². The normalized spacial score (nSPS) is 11.1. The maximum Gasteiger partial charge on any atom is 0.127 e. The zero-order chi connectivity index (χ0) is 21.8. The summed E-state index contributed by atoms with van der Waals surface area (Å²) in [5.74, 6) is 2.33. The van der Waals surface area contributed by atoms with Crippen LogP contribution in [-0.4, -0.2) is 17.9 Å². The molecule has 0 N–H and O–H groups in total. The number of aliphatic imine (C=N–C) groups is 1. The smallest absolute Gasteiger partial charge is 0.127 e. The molecule has 1 heterocycles. The minimum Gasteiger partial charge on any atom is -0.497 e. The molecule has 4 nitrogen and oxygen atoms in total. The van der Waals surface area contributed by atoms with Gasteiger partial charge in [0.15, 0.2) is 0 Å². The van der Waals surface area contributed by atoms with E-state index in [1.807, 2.05) is 54.7 Å². The summed E-state index contributed by atoms with van der Waals surface area (Å²) in [6, 6.07) is 26.0. The van der Waals surface area contributed by atoms with Crippen molar-refractivity contribution in [3.8, 4) is 22.9 Å². The fourth-order valence-corrected chi connectivity index (χ4v) is 3.79. The Morgan fingerprint density at radius 3 is 2.00 bits per heavy atom. The summed E-state index contributed by atoms with van der Waals surface area (Å²) >= 11 is 2.32. The molecule has 0 aliphatic carbocycles. The summed E-state index contributed by atoms with van der Waals surface area (Å²) in [7, 11) is 1.65. The summed E-state index contributed by atoms with van der Waals surface area (Å²) in [4.78, 5) is 4.66. The van der Waals surface area contributed by atoms with Crippen LogP contribution in [0.15, 0.2) is 83.9 Å². The van der Waals surface area contributed by atoms with Crippen molar-refractivity contribution in [1.29, 1.82) is 0 Å². The van der Waals surface area contributed by atoms with Crippen LogP contribution in [0.5, 0.6) is 17.2 Å². The number of hydrogen-bond acceptors (Lipinski definition) is 3. The molecular weight excluding hydrogens is 499 g/mol. The zero-order valence-corrected chi connectivity index (χ0v) is 19.8. The summed E-state index contributed by atoms with van der Waals surface area (Å²) in [5.41, 5.74) is 5.50. The van der Waals surface area contributed by atoms with Crippen LogP contribution in [0.2, 0.25) is 0 Å². The standard InChI is InChI=1S/C26H23IN2O2/c1-18-16-20(19(2)29(18)23-8-4-21(27)5-9-23)17-28-22-6-10-25(11-7-22)31-26-14-12-24(30-3)13-15-26/h4-17H,1-3H3. The highest BCUT2D eigenvalue weighted by Gasteiger charge is 2.09. The molecule has 0 fully saturated rings. The van der Waals surface area contributed by atoms with Crippen LogP contribution < -0.4 is 9.47 Å². The Balaban J connectivity index is 1.48. The summed E-state index contributed by atoms with van der Waals surface area (Å²) in [5, 5.41) is 0. The predicted octanol–water partition coefficient (Wildman–Crippen LogP) is 7.25. The van der Waals surface area contributed by atoms with E-state index in [9.17, 15) is 0 Å². The second-order valence-corrected chi connectivity index (χ2v) is 8.41. The van der Waals surface area contributed by atoms with Crippen LogP contribution in [0.25, 0.3) is 5.69 Å². The number of nitrogens with zero attached hydrogens (tertiary/aromatic N) is 2. The molecule has 156 valence electrons. The number of aryl methyl sites for hydroxylation is 1. The monoisotopic (exact) mass is 522 g/mol. The van der Waals surface area contributed by atoms with Crippen LogP contribution in [0, 0.1) is 17.4 Å². The minimum atomic E-state index is 0.764. The summed E-state index contributed by atoms with van der Waals surface area (Å²) in [6.07, 6.45) is 1.92. The molecule has 4 aromatic rings. The van der Waals surface area contributed by atoms with E-state index in [0.29, 0.717) is 0 Å². The quantitative estimate of drug-likeness (QED) is 0.198. The van der Waals surface area contributed by atoms with Crippen LogP contribution in [-0.2, 0) is 0 Å². The molecule has 0 aliphatic rings. The lowest BCUT2D eigenvalue weighted by molar-refractivity contribution is 0.413. The van der Waals surface area contributed by atoms with Gasteiger partial charge < -0.3 is 14.0 Å². The van der Waals surface area contributed by atoms with Gasteiger partial charge in [-0.15, -0.1) is 0 Å². The van der Waals surface area contributed by atoms with Gasteiger partial charge in [-0.1, -0.05) is 0 Å². The van der Waals surface area contributed by atoms with Crippen molar-refractivity contribution in [3.63, 3.8) is 0 Å². The second kappa shape index (κ2) is 9.39. The molecule has 0 amide bonds. The molecule has 0 bridgehead atoms. The van der Waals surface area contributed by atoms with Gasteiger partial charge in [0.1, 0.15) is 17.2 Å². The molecule has 0 saturated heterocycles. The molecule has 1 aromatic heterocycles. The Labute approximate surface area is 196 Å². The lowest BCUT2D eigenvalue weighted by Gasteiger charge is -2.09. The van der Waals surface area contributed by atoms with Crippen LogP contribution in [0.4, 0.5) is 5.69 Å². The largest absolute Gasteiger partial charge is 0.497 e. The van der Waals surface area contributed by atoms with Crippen molar-refractivity contribution >= 4 is 34.5 Å². The van der Waals surface area contributed by atoms with Crippen molar-refractivity contribution in [2.75, 3.05) is 7.11 Å². The first-order chi connectivity index (χ1) is 15.0. The third-order valence-electron chi connectivity index (χ3n) is 5.04. The van der Waals surface area contributed by atoms with Crippen LogP contribution in [0.3, 0.4) is 0 Å². The van der Waals surface area contributed by atoms with Gasteiger partial charge in [-0.05, 0) is 115 Å². The molecule has 5 heteroatoms. The molecule has 0 atom stereocenters. The van der Waals surface area contributed by atoms with Crippen molar-refractivity contribution in [1.82, 2.24) is 4.57 Å². The van der Waals surface area contributed by atoms with Gasteiger partial charge in [-0.3, -0.25) is 4.99 Å². The highest BCUT2D eigenvalue weighted by Crippen LogP contribution is 2.26. The average molecular weight is 522 g/mol. The number of aromatic nitrogens is 1. The van der Waals surface area contributed by atoms with E-state index in [4.69, 9.17) is 9.47 Å². The van der Waals surface area contributed by atoms with Gasteiger partial charge in [-0.25, -0.2) is 0 Å². The van der Waals surface area contributed by atoms with E-state index < -0.39 is 0 Å². The molecule has 31 heavy (non-hydrogen) atoms. The van der Waals surface area contributed by atoms with E-state index in [1.165, 1.54) is 15.0 Å². The minimum absolute atomic E-state index is 0.764. The number of ether oxygens (including phenoxy) is 2. The number of benzene rings is 3. The summed E-state index contributed by atoms with van der Waals surface area (Å²) < 4.78 is 14.5. The van der Waals surface area contributed by atoms with Gasteiger partial charge in [-0.2, -0.15) is 0 Å². The third kappa shape index (κ3) is 4.99. The number of hydrogen-bond donors (Lipinski definition) is 0. The third-order valence-corrected chi connectivity index (χ3v) is 5.76. The topological polar surface area (TPSA) is 35.8 Å². The number of halogens is 1. The second-order valence-electron chi connectivity index (χ2n) is 7.17. The van der Waals surface area contributed by atoms with Gasteiger partial charge in [0.05, 0.1) is 12.8 Å². The van der Waals surface area contributed by atoms with Gasteiger partial charge in [0, 0.05) is 32.4 Å². The van der Waals surface area contributed by atoms with Crippen molar-refractivity contribution < 1.29 is 9.47 Å². The Hall–Kier alpha value is -3.06. The fraction of sp³-hybridized carbons (Fsp3) is 0.115. The number of rotatable bonds is 6. The highest BCUT2D eigenvalue weighted by atomic mass is 127. The van der Waals surface area contributed by atoms with Crippen molar-refractivity contribution in [2.24, 2.45) is 4.99 Å². The Morgan fingerprint density at radius 2 is 1.39 bits per heavy atom. The molecule has 0 saturated carbocycles. The summed E-state index contributed by atoms with van der Waals surface area (Å²) in [6.45, 7) is 4.24. The number of methoxy groups -OCH3 is 1. The molecule has 0 unspecified atom stereocenters. The first kappa shape index (κ1) is 21.2. The molecule has 0 aliphatic heterocycles. The van der Waals surface area contributed by atoms with Crippen molar-refractivity contribution in [2.45, 2.75) is 13.8 Å². The molecule has 0 spiro atoms. The van der Waals surface area contributed by atoms with E-state index in [1.54, 1.807) is 7.11 Å². The fourth-order valence-electron chi connectivity index (χ4n) is 3.43. The zero-order valence-electron chi connectivity index (χ0n) is 17.7. The predicted molar refractivity (Wildman–Crippen MR) is 135 cm³/mol. The molecular formula is C26H23IN2O2. The van der Waals surface area contributed by atoms with E-state index in [-0.39, 0.29) is 0 Å². The highest BCUT2D eigenvalue weighted by molar-refractivity contribution is 14.1. The van der Waals surface area contributed by atoms with Crippen LogP contribution >= 0.6 is 22.6 Å². The van der Waals surface area contributed by atoms with E-state index >= 15 is 0 Å². The van der Waals surface area contributed by atoms with Gasteiger partial charge >= 0.3 is 0 Å². The maximum absolute atomic E-state index is 5.88.